The molecule has 0 spiro atoms. The molecule has 9 heteroatoms. The number of nitrogens with two attached hydrogens (primary N) is 1. The van der Waals surface area contributed by atoms with Gasteiger partial charge < -0.3 is 26.4 Å². The van der Waals surface area contributed by atoms with Crippen molar-refractivity contribution in [1.29, 1.82) is 0 Å². The summed E-state index contributed by atoms with van der Waals surface area (Å²) >= 11 is 0. The number of benzene rings is 4. The summed E-state index contributed by atoms with van der Waals surface area (Å²) in [5.41, 5.74) is 9.30. The summed E-state index contributed by atoms with van der Waals surface area (Å²) in [4.78, 5) is 39.8. The summed E-state index contributed by atoms with van der Waals surface area (Å²) in [5.74, 6) is -2.25. The molecule has 0 heterocycles. The van der Waals surface area contributed by atoms with E-state index < -0.39 is 23.6 Å². The Labute approximate surface area is 256 Å². The third-order valence-electron chi connectivity index (χ3n) is 7.21. The van der Waals surface area contributed by atoms with Crippen molar-refractivity contribution in [3.63, 3.8) is 0 Å². The van der Waals surface area contributed by atoms with Gasteiger partial charge in [0.05, 0.1) is 18.4 Å². The smallest absolute Gasteiger partial charge is 0.251 e. The molecule has 0 aliphatic heterocycles. The minimum absolute atomic E-state index is 0.0168. The van der Waals surface area contributed by atoms with Crippen LogP contribution >= 0.6 is 0 Å². The van der Waals surface area contributed by atoms with Crippen LogP contribution in [0.25, 0.3) is 0 Å². The van der Waals surface area contributed by atoms with E-state index in [2.05, 4.69) is 16.0 Å². The highest BCUT2D eigenvalue weighted by Crippen LogP contribution is 2.21. The number of nitrogens with one attached hydrogen (secondary N) is 3. The number of rotatable bonds is 14. The molecule has 0 fully saturated rings. The third-order valence-corrected chi connectivity index (χ3v) is 7.21. The topological polar surface area (TPSA) is 123 Å². The Hall–Kier alpha value is -5.02. The Morgan fingerprint density at radius 2 is 1.27 bits per heavy atom. The molecule has 4 rings (SSSR count). The zero-order valence-corrected chi connectivity index (χ0v) is 24.6. The van der Waals surface area contributed by atoms with E-state index in [0.717, 1.165) is 16.7 Å². The van der Waals surface area contributed by atoms with Gasteiger partial charge in [-0.1, -0.05) is 66.7 Å². The normalized spacial score (nSPS) is 12.1. The fourth-order valence-electron chi connectivity index (χ4n) is 4.70. The molecule has 5 N–H and O–H groups in total. The van der Waals surface area contributed by atoms with Crippen molar-refractivity contribution >= 4 is 17.7 Å². The summed E-state index contributed by atoms with van der Waals surface area (Å²) in [7, 11) is 0. The van der Waals surface area contributed by atoms with Crippen LogP contribution < -0.4 is 26.4 Å². The standard InChI is InChI=1S/C35H37FN4O4/c1-2-44-30-18-14-27(15-19-30)32(22-39-33(41)28-12-16-29(36)17-13-28)35(43)40-23-31(26-6-4-3-5-7-26)34(42)38-21-25-10-8-24(20-37)9-11-25/h3-19,31-32H,2,20-23,37H2,1H3,(H,38,42)(H,39,41)(H,40,43)/t31-,32+/m0/s1. The first-order valence-corrected chi connectivity index (χ1v) is 14.5. The number of carbonyl (C=O) groups excluding carboxylic acids is 3. The van der Waals surface area contributed by atoms with Crippen LogP contribution in [0.15, 0.2) is 103 Å². The second-order valence-electron chi connectivity index (χ2n) is 10.2. The predicted octanol–water partition coefficient (Wildman–Crippen LogP) is 4.41. The van der Waals surface area contributed by atoms with Crippen molar-refractivity contribution in [2.45, 2.75) is 31.8 Å². The predicted molar refractivity (Wildman–Crippen MR) is 167 cm³/mol. The second kappa shape index (κ2) is 16.0. The van der Waals surface area contributed by atoms with Crippen molar-refractivity contribution in [2.24, 2.45) is 5.73 Å². The van der Waals surface area contributed by atoms with Gasteiger partial charge in [-0.3, -0.25) is 14.4 Å². The molecule has 4 aromatic rings. The molecule has 0 radical (unpaired) electrons. The molecule has 8 nitrogen and oxygen atoms in total. The average molecular weight is 597 g/mol. The first-order chi connectivity index (χ1) is 21.4. The molecule has 0 bridgehead atoms. The zero-order chi connectivity index (χ0) is 31.3. The molecule has 228 valence electrons. The molecular weight excluding hydrogens is 559 g/mol. The number of hydrogen-bond acceptors (Lipinski definition) is 5. The SMILES string of the molecule is CCOc1ccc([C@@H](CNC(=O)c2ccc(F)cc2)C(=O)NC[C@H](C(=O)NCc2ccc(CN)cc2)c2ccccc2)cc1. The van der Waals surface area contributed by atoms with E-state index in [0.29, 0.717) is 31.0 Å². The number of hydrogen-bond donors (Lipinski definition) is 4. The molecule has 4 aromatic carbocycles. The quantitative estimate of drug-likeness (QED) is 0.172. The highest BCUT2D eigenvalue weighted by atomic mass is 19.1. The second-order valence-corrected chi connectivity index (χ2v) is 10.2. The Bertz CT molecular complexity index is 1510. The Morgan fingerprint density at radius 3 is 1.89 bits per heavy atom. The lowest BCUT2D eigenvalue weighted by Crippen LogP contribution is -2.41. The number of carbonyl (C=O) groups is 3. The van der Waals surface area contributed by atoms with E-state index in [1.807, 2.05) is 61.5 Å². The largest absolute Gasteiger partial charge is 0.494 e. The van der Waals surface area contributed by atoms with E-state index in [4.69, 9.17) is 10.5 Å². The summed E-state index contributed by atoms with van der Waals surface area (Å²) in [5, 5.41) is 8.71. The van der Waals surface area contributed by atoms with E-state index in [-0.39, 0.29) is 30.5 Å². The van der Waals surface area contributed by atoms with E-state index in [1.54, 1.807) is 24.3 Å². The van der Waals surface area contributed by atoms with Gasteiger partial charge in [0.25, 0.3) is 5.91 Å². The minimum atomic E-state index is -0.768. The Kier molecular flexibility index (Phi) is 11.6. The van der Waals surface area contributed by atoms with Crippen LogP contribution in [0.3, 0.4) is 0 Å². The lowest BCUT2D eigenvalue weighted by molar-refractivity contribution is -0.124. The van der Waals surface area contributed by atoms with Gasteiger partial charge in [-0.25, -0.2) is 4.39 Å². The van der Waals surface area contributed by atoms with Crippen LogP contribution in [0, 0.1) is 5.82 Å². The fraction of sp³-hybridized carbons (Fsp3) is 0.229. The molecule has 44 heavy (non-hydrogen) atoms. The summed E-state index contributed by atoms with van der Waals surface area (Å²) < 4.78 is 18.9. The molecule has 2 atom stereocenters. The van der Waals surface area contributed by atoms with Gasteiger partial charge in [0.1, 0.15) is 11.6 Å². The van der Waals surface area contributed by atoms with Crippen molar-refractivity contribution in [2.75, 3.05) is 19.7 Å². The van der Waals surface area contributed by atoms with Crippen LogP contribution in [0.4, 0.5) is 4.39 Å². The lowest BCUT2D eigenvalue weighted by atomic mass is 9.95. The number of ether oxygens (including phenoxy) is 1. The van der Waals surface area contributed by atoms with Crippen molar-refractivity contribution < 1.29 is 23.5 Å². The van der Waals surface area contributed by atoms with Gasteiger partial charge in [0.2, 0.25) is 11.8 Å². The van der Waals surface area contributed by atoms with Crippen LogP contribution in [0.5, 0.6) is 5.75 Å². The first kappa shape index (κ1) is 31.9. The van der Waals surface area contributed by atoms with Crippen molar-refractivity contribution in [3.8, 4) is 5.75 Å². The van der Waals surface area contributed by atoms with Gasteiger partial charge >= 0.3 is 0 Å². The molecule has 0 saturated heterocycles. The van der Waals surface area contributed by atoms with Gasteiger partial charge in [-0.05, 0) is 65.6 Å². The van der Waals surface area contributed by atoms with Crippen molar-refractivity contribution in [1.82, 2.24) is 16.0 Å². The van der Waals surface area contributed by atoms with Crippen LogP contribution in [-0.2, 0) is 22.7 Å². The lowest BCUT2D eigenvalue weighted by Gasteiger charge is -2.22. The Morgan fingerprint density at radius 1 is 0.705 bits per heavy atom. The van der Waals surface area contributed by atoms with Crippen LogP contribution in [-0.4, -0.2) is 37.4 Å². The number of amides is 3. The molecule has 0 aliphatic rings. The fourth-order valence-corrected chi connectivity index (χ4v) is 4.70. The van der Waals surface area contributed by atoms with Gasteiger partial charge in [-0.15, -0.1) is 0 Å². The highest BCUT2D eigenvalue weighted by molar-refractivity contribution is 5.95. The maximum absolute atomic E-state index is 13.7. The zero-order valence-electron chi connectivity index (χ0n) is 24.6. The third kappa shape index (κ3) is 8.99. The van der Waals surface area contributed by atoms with E-state index in [9.17, 15) is 18.8 Å². The van der Waals surface area contributed by atoms with E-state index in [1.165, 1.54) is 24.3 Å². The Balaban J connectivity index is 1.48. The average Bonchev–Trinajstić information content (AvgIpc) is 3.05. The first-order valence-electron chi connectivity index (χ1n) is 14.5. The van der Waals surface area contributed by atoms with Crippen molar-refractivity contribution in [3.05, 3.63) is 137 Å². The van der Waals surface area contributed by atoms with Crippen LogP contribution in [0.2, 0.25) is 0 Å². The molecule has 3 amide bonds. The summed E-state index contributed by atoms with van der Waals surface area (Å²) in [6, 6.07) is 29.2. The van der Waals surface area contributed by atoms with Crippen LogP contribution in [0.1, 0.15) is 51.4 Å². The maximum atomic E-state index is 13.7. The molecular formula is C35H37FN4O4. The van der Waals surface area contributed by atoms with E-state index >= 15 is 0 Å². The molecule has 0 aliphatic carbocycles. The minimum Gasteiger partial charge on any atom is -0.494 e. The van der Waals surface area contributed by atoms with Gasteiger partial charge in [0.15, 0.2) is 0 Å². The van der Waals surface area contributed by atoms with Gasteiger partial charge in [0, 0.05) is 31.7 Å². The summed E-state index contributed by atoms with van der Waals surface area (Å²) in [6.07, 6.45) is 0. The highest BCUT2D eigenvalue weighted by Gasteiger charge is 2.26. The number of halogens is 1. The molecule has 0 aromatic heterocycles. The molecule has 0 saturated carbocycles. The monoisotopic (exact) mass is 596 g/mol. The van der Waals surface area contributed by atoms with Gasteiger partial charge in [-0.2, -0.15) is 0 Å². The maximum Gasteiger partial charge on any atom is 0.251 e. The molecule has 0 unspecified atom stereocenters. The summed E-state index contributed by atoms with van der Waals surface area (Å²) in [6.45, 7) is 3.17.